The molecule has 0 saturated carbocycles. The van der Waals surface area contributed by atoms with Gasteiger partial charge in [0.1, 0.15) is 0 Å². The van der Waals surface area contributed by atoms with Crippen molar-refractivity contribution in [2.75, 3.05) is 26.7 Å². The van der Waals surface area contributed by atoms with Gasteiger partial charge in [-0.2, -0.15) is 0 Å². The summed E-state index contributed by atoms with van der Waals surface area (Å²) in [5, 5.41) is 1.20. The van der Waals surface area contributed by atoms with Crippen LogP contribution in [0.5, 0.6) is 0 Å². The number of carbonyl (C=O) groups is 2. The van der Waals surface area contributed by atoms with Crippen LogP contribution in [0.1, 0.15) is 127 Å². The Morgan fingerprint density at radius 1 is 0.884 bits per heavy atom. The van der Waals surface area contributed by atoms with Gasteiger partial charge in [-0.25, -0.2) is 0 Å². The van der Waals surface area contributed by atoms with Crippen molar-refractivity contribution >= 4 is 28.3 Å². The SMILES string of the molecule is CCCCCCCC/C=C\CCCCCCCC(=O)n1cc2c3c(cccc31)C1=C[C@@H](C(=O)N(CC)CC)CN(C)[C@@H]1C2. The molecule has 2 atom stereocenters. The monoisotopic (exact) mass is 587 g/mol. The van der Waals surface area contributed by atoms with Gasteiger partial charge in [0, 0.05) is 43.7 Å². The van der Waals surface area contributed by atoms with E-state index < -0.39 is 0 Å². The van der Waals surface area contributed by atoms with E-state index in [9.17, 15) is 9.59 Å². The molecule has 1 amide bonds. The average Bonchev–Trinajstić information content (AvgIpc) is 3.39. The summed E-state index contributed by atoms with van der Waals surface area (Å²) in [6.45, 7) is 8.59. The number of aromatic nitrogens is 1. The number of hydrogen-bond donors (Lipinski definition) is 0. The van der Waals surface area contributed by atoms with Crippen molar-refractivity contribution in [3.8, 4) is 0 Å². The number of fused-ring (bicyclic) bond motifs is 2. The first kappa shape index (κ1) is 33.2. The molecule has 1 aliphatic heterocycles. The van der Waals surface area contributed by atoms with Gasteiger partial charge >= 0.3 is 0 Å². The Morgan fingerprint density at radius 3 is 2.21 bits per heavy atom. The number of benzene rings is 1. The second-order valence-corrected chi connectivity index (χ2v) is 12.9. The summed E-state index contributed by atoms with van der Waals surface area (Å²) in [5.41, 5.74) is 4.72. The van der Waals surface area contributed by atoms with E-state index in [0.717, 1.165) is 44.4 Å². The molecule has 43 heavy (non-hydrogen) atoms. The Morgan fingerprint density at radius 2 is 1.53 bits per heavy atom. The van der Waals surface area contributed by atoms with Crippen LogP contribution in [0.15, 0.2) is 42.6 Å². The molecule has 1 aromatic carbocycles. The molecule has 0 spiro atoms. The first-order valence-corrected chi connectivity index (χ1v) is 17.5. The van der Waals surface area contributed by atoms with Gasteiger partial charge in [-0.15, -0.1) is 0 Å². The van der Waals surface area contributed by atoms with Crippen LogP contribution in [0.4, 0.5) is 0 Å². The average molecular weight is 588 g/mol. The lowest BCUT2D eigenvalue weighted by Crippen LogP contribution is -2.47. The molecule has 1 aromatic heterocycles. The molecule has 0 radical (unpaired) electrons. The smallest absolute Gasteiger partial charge is 0.231 e. The Hall–Kier alpha value is -2.66. The minimum atomic E-state index is -0.127. The van der Waals surface area contributed by atoms with Gasteiger partial charge in [0.15, 0.2) is 0 Å². The molecular formula is C38H57N3O2. The summed E-state index contributed by atoms with van der Waals surface area (Å²) in [4.78, 5) is 30.9. The van der Waals surface area contributed by atoms with Crippen molar-refractivity contribution < 1.29 is 9.59 Å². The maximum atomic E-state index is 13.4. The van der Waals surface area contributed by atoms with Crippen molar-refractivity contribution in [2.24, 2.45) is 5.92 Å². The van der Waals surface area contributed by atoms with E-state index in [-0.39, 0.29) is 23.8 Å². The molecule has 2 heterocycles. The van der Waals surface area contributed by atoms with Crippen molar-refractivity contribution in [1.82, 2.24) is 14.4 Å². The number of allylic oxidation sites excluding steroid dienone is 2. The molecule has 0 unspecified atom stereocenters. The van der Waals surface area contributed by atoms with Crippen LogP contribution in [0.3, 0.4) is 0 Å². The Balaban J connectivity index is 1.26. The second kappa shape index (κ2) is 17.0. The van der Waals surface area contributed by atoms with E-state index >= 15 is 0 Å². The maximum absolute atomic E-state index is 13.4. The first-order chi connectivity index (χ1) is 21.0. The lowest BCUT2D eigenvalue weighted by atomic mass is 9.79. The highest BCUT2D eigenvalue weighted by atomic mass is 16.2. The molecule has 1 aliphatic carbocycles. The zero-order chi connectivity index (χ0) is 30.6. The number of amides is 1. The summed E-state index contributed by atoms with van der Waals surface area (Å²) >= 11 is 0. The van der Waals surface area contributed by atoms with Crippen molar-refractivity contribution in [3.63, 3.8) is 0 Å². The van der Waals surface area contributed by atoms with Crippen molar-refractivity contribution in [3.05, 3.63) is 53.8 Å². The largest absolute Gasteiger partial charge is 0.343 e. The quantitative estimate of drug-likeness (QED) is 0.129. The lowest BCUT2D eigenvalue weighted by molar-refractivity contribution is -0.134. The zero-order valence-corrected chi connectivity index (χ0v) is 27.6. The molecule has 0 fully saturated rings. The molecule has 5 nitrogen and oxygen atoms in total. The van der Waals surface area contributed by atoms with Crippen LogP contribution in [0.2, 0.25) is 0 Å². The van der Waals surface area contributed by atoms with Gasteiger partial charge in [0.2, 0.25) is 11.8 Å². The van der Waals surface area contributed by atoms with E-state index in [1.807, 2.05) is 23.3 Å². The number of hydrogen-bond acceptors (Lipinski definition) is 3. The zero-order valence-electron chi connectivity index (χ0n) is 27.6. The summed E-state index contributed by atoms with van der Waals surface area (Å²) < 4.78 is 1.92. The summed E-state index contributed by atoms with van der Waals surface area (Å²) in [6.07, 6.45) is 27.0. The van der Waals surface area contributed by atoms with Gasteiger partial charge in [0.25, 0.3) is 0 Å². The van der Waals surface area contributed by atoms with Crippen LogP contribution in [0.25, 0.3) is 16.5 Å². The van der Waals surface area contributed by atoms with E-state index in [0.29, 0.717) is 6.42 Å². The van der Waals surface area contributed by atoms with E-state index in [2.05, 4.69) is 61.5 Å². The van der Waals surface area contributed by atoms with Gasteiger partial charge < -0.3 is 4.90 Å². The minimum Gasteiger partial charge on any atom is -0.343 e. The van der Waals surface area contributed by atoms with Gasteiger partial charge in [-0.3, -0.25) is 19.1 Å². The van der Waals surface area contributed by atoms with E-state index in [4.69, 9.17) is 0 Å². The molecule has 2 aromatic rings. The Labute approximate surface area is 261 Å². The highest BCUT2D eigenvalue weighted by Crippen LogP contribution is 2.42. The van der Waals surface area contributed by atoms with Gasteiger partial charge in [-0.05, 0) is 82.2 Å². The lowest BCUT2D eigenvalue weighted by Gasteiger charge is -2.40. The predicted octanol–water partition coefficient (Wildman–Crippen LogP) is 9.06. The standard InChI is InChI=1S/C38H57N3O2/c1-5-8-9-10-11-12-13-14-15-16-17-18-19-20-21-25-36(42)41-29-30-27-35-33(32-23-22-24-34(41)37(30)32)26-31(28-39(35)4)38(43)40(6-2)7-3/h14-15,22-24,26,29,31,35H,5-13,16-21,25,27-28H2,1-4H3/b15-14-/t31-,35-/m1/s1. The van der Waals surface area contributed by atoms with E-state index in [1.165, 1.54) is 92.7 Å². The molecule has 2 aliphatic rings. The van der Waals surface area contributed by atoms with Crippen molar-refractivity contribution in [1.29, 1.82) is 0 Å². The molecule has 4 rings (SSSR count). The van der Waals surface area contributed by atoms with Gasteiger partial charge in [0.05, 0.1) is 11.4 Å². The summed E-state index contributed by atoms with van der Waals surface area (Å²) in [5.74, 6) is 0.291. The molecule has 0 bridgehead atoms. The fourth-order valence-electron chi connectivity index (χ4n) is 7.16. The number of rotatable bonds is 18. The molecular weight excluding hydrogens is 530 g/mol. The van der Waals surface area contributed by atoms with Crippen LogP contribution >= 0.6 is 0 Å². The highest BCUT2D eigenvalue weighted by molar-refractivity contribution is 6.03. The molecule has 0 N–H and O–H groups in total. The summed E-state index contributed by atoms with van der Waals surface area (Å²) in [7, 11) is 2.14. The molecule has 0 saturated heterocycles. The number of nitrogens with zero attached hydrogens (tertiary/aromatic N) is 3. The predicted molar refractivity (Wildman–Crippen MR) is 182 cm³/mol. The third kappa shape index (κ3) is 8.50. The van der Waals surface area contributed by atoms with E-state index in [1.54, 1.807) is 0 Å². The third-order valence-corrected chi connectivity index (χ3v) is 9.70. The van der Waals surface area contributed by atoms with Crippen LogP contribution in [-0.4, -0.2) is 58.9 Å². The summed E-state index contributed by atoms with van der Waals surface area (Å²) in [6, 6.07) is 6.59. The Kier molecular flexibility index (Phi) is 13.1. The van der Waals surface area contributed by atoms with Crippen molar-refractivity contribution in [2.45, 2.75) is 123 Å². The van der Waals surface area contributed by atoms with Crippen LogP contribution < -0.4 is 0 Å². The van der Waals surface area contributed by atoms with Crippen LogP contribution in [-0.2, 0) is 11.2 Å². The Bertz CT molecular complexity index is 1250. The normalized spacial score (nSPS) is 18.3. The van der Waals surface area contributed by atoms with Crippen LogP contribution in [0, 0.1) is 5.92 Å². The highest BCUT2D eigenvalue weighted by Gasteiger charge is 2.37. The van der Waals surface area contributed by atoms with Gasteiger partial charge in [-0.1, -0.05) is 88.7 Å². The molecule has 236 valence electrons. The third-order valence-electron chi connectivity index (χ3n) is 9.70. The second-order valence-electron chi connectivity index (χ2n) is 12.9. The topological polar surface area (TPSA) is 45.6 Å². The first-order valence-electron chi connectivity index (χ1n) is 17.5. The fourth-order valence-corrected chi connectivity index (χ4v) is 7.16. The minimum absolute atomic E-state index is 0.127. The maximum Gasteiger partial charge on any atom is 0.231 e. The fraction of sp³-hybridized carbons (Fsp3) is 0.632. The molecule has 5 heteroatoms. The number of unbranched alkanes of at least 4 members (excludes halogenated alkanes) is 11. The number of carbonyl (C=O) groups excluding carboxylic acids is 2. The number of likely N-dealkylation sites (N-methyl/N-ethyl adjacent to an activating group) is 1.